The van der Waals surface area contributed by atoms with Crippen molar-refractivity contribution >= 4 is 17.8 Å². The van der Waals surface area contributed by atoms with Gasteiger partial charge in [0.25, 0.3) is 11.8 Å². The van der Waals surface area contributed by atoms with Gasteiger partial charge in [-0.05, 0) is 18.6 Å². The number of fused-ring (bicyclic) bond motifs is 1. The van der Waals surface area contributed by atoms with E-state index in [-0.39, 0.29) is 35.5 Å². The maximum atomic E-state index is 12.0. The van der Waals surface area contributed by atoms with E-state index in [9.17, 15) is 19.6 Å². The largest absolute Gasteiger partial charge is 0.569 e. The summed E-state index contributed by atoms with van der Waals surface area (Å²) in [6.45, 7) is -0.330. The van der Waals surface area contributed by atoms with E-state index in [1.165, 1.54) is 19.2 Å². The van der Waals surface area contributed by atoms with Crippen LogP contribution in [-0.4, -0.2) is 58.1 Å². The number of hydrazine groups is 1. The molecule has 10 nitrogen and oxygen atoms in total. The van der Waals surface area contributed by atoms with Crippen LogP contribution in [0.5, 0.6) is 0 Å². The van der Waals surface area contributed by atoms with Crippen LogP contribution in [0.2, 0.25) is 0 Å². The number of amides is 2. The zero-order valence-corrected chi connectivity index (χ0v) is 12.9. The first-order valence-corrected chi connectivity index (χ1v) is 7.10. The summed E-state index contributed by atoms with van der Waals surface area (Å²) in [4.78, 5) is 40.2. The zero-order chi connectivity index (χ0) is 17.7. The number of nitrogens with zero attached hydrogens (tertiary/aromatic N) is 4. The first kappa shape index (κ1) is 17.2. The van der Waals surface area contributed by atoms with Gasteiger partial charge in [0.15, 0.2) is 0 Å². The summed E-state index contributed by atoms with van der Waals surface area (Å²) in [5, 5.41) is 24.4. The quantitative estimate of drug-likeness (QED) is 0.323. The van der Waals surface area contributed by atoms with E-state index in [0.29, 0.717) is 0 Å². The number of benzene rings is 1. The van der Waals surface area contributed by atoms with Gasteiger partial charge in [-0.1, -0.05) is 12.1 Å². The lowest BCUT2D eigenvalue weighted by molar-refractivity contribution is -0.705. The monoisotopic (exact) mass is 336 g/mol. The molecule has 0 saturated carbocycles. The minimum atomic E-state index is -0.959. The Bertz CT molecular complexity index is 655. The molecule has 0 aromatic heterocycles. The first-order valence-electron chi connectivity index (χ1n) is 7.10. The number of aliphatic carboxylic acids is 1. The van der Waals surface area contributed by atoms with Crippen molar-refractivity contribution in [2.24, 2.45) is 5.28 Å². The van der Waals surface area contributed by atoms with Gasteiger partial charge in [-0.15, -0.1) is 5.01 Å². The fourth-order valence-corrected chi connectivity index (χ4v) is 2.10. The second-order valence-electron chi connectivity index (χ2n) is 5.06. The molecule has 0 aliphatic carbocycles. The van der Waals surface area contributed by atoms with Crippen LogP contribution in [0.25, 0.3) is 0 Å². The number of hydrogen-bond acceptors (Lipinski definition) is 6. The van der Waals surface area contributed by atoms with E-state index in [1.54, 1.807) is 12.1 Å². The van der Waals surface area contributed by atoms with Gasteiger partial charge in [-0.3, -0.25) is 14.4 Å². The molecule has 1 aliphatic rings. The van der Waals surface area contributed by atoms with Crippen LogP contribution in [0, 0.1) is 5.21 Å². The molecule has 1 aliphatic heterocycles. The summed E-state index contributed by atoms with van der Waals surface area (Å²) < 4.78 is 0. The van der Waals surface area contributed by atoms with E-state index in [4.69, 9.17) is 9.94 Å². The first-order chi connectivity index (χ1) is 11.4. The number of hydrogen-bond donors (Lipinski definition) is 1. The Morgan fingerprint density at radius 2 is 1.92 bits per heavy atom. The van der Waals surface area contributed by atoms with Crippen LogP contribution < -0.4 is 0 Å². The van der Waals surface area contributed by atoms with Crippen molar-refractivity contribution in [3.8, 4) is 0 Å². The van der Waals surface area contributed by atoms with Gasteiger partial charge in [0, 0.05) is 6.42 Å². The smallest absolute Gasteiger partial charge is 0.303 e. The second-order valence-corrected chi connectivity index (χ2v) is 5.06. The summed E-state index contributed by atoms with van der Waals surface area (Å²) in [6, 6.07) is 6.35. The van der Waals surface area contributed by atoms with Crippen molar-refractivity contribution < 1.29 is 29.3 Å². The molecular formula is C14H16N4O6. The van der Waals surface area contributed by atoms with Gasteiger partial charge in [0.1, 0.15) is 0 Å². The van der Waals surface area contributed by atoms with Gasteiger partial charge in [0.2, 0.25) is 12.0 Å². The van der Waals surface area contributed by atoms with Gasteiger partial charge < -0.3 is 15.2 Å². The van der Waals surface area contributed by atoms with Crippen LogP contribution in [0.4, 0.5) is 0 Å². The third-order valence-electron chi connectivity index (χ3n) is 3.36. The van der Waals surface area contributed by atoms with Crippen LogP contribution in [-0.2, 0) is 9.63 Å². The summed E-state index contributed by atoms with van der Waals surface area (Å²) in [6.07, 6.45) is 0.187. The highest BCUT2D eigenvalue weighted by atomic mass is 16.7. The summed E-state index contributed by atoms with van der Waals surface area (Å²) >= 11 is 0. The molecule has 10 heteroatoms. The molecule has 1 aromatic rings. The van der Waals surface area contributed by atoms with E-state index >= 15 is 0 Å². The molecule has 0 spiro atoms. The van der Waals surface area contributed by atoms with Crippen molar-refractivity contribution in [3.05, 3.63) is 40.6 Å². The lowest BCUT2D eigenvalue weighted by atomic mass is 10.1. The molecule has 2 amide bonds. The normalized spacial score (nSPS) is 13.9. The average Bonchev–Trinajstić information content (AvgIpc) is 2.79. The molecule has 0 saturated heterocycles. The fourth-order valence-electron chi connectivity index (χ4n) is 2.10. The molecule has 1 N–H and O–H groups in total. The summed E-state index contributed by atoms with van der Waals surface area (Å²) in [5.41, 5.74) is 0.548. The highest BCUT2D eigenvalue weighted by Gasteiger charge is 2.35. The Kier molecular flexibility index (Phi) is 5.30. The van der Waals surface area contributed by atoms with Crippen molar-refractivity contribution in [3.63, 3.8) is 0 Å². The van der Waals surface area contributed by atoms with Crippen molar-refractivity contribution in [1.29, 1.82) is 0 Å². The Hall–Kier alpha value is -3.17. The minimum absolute atomic E-state index is 0.0753. The molecule has 0 atom stereocenters. The fraction of sp³-hybridized carbons (Fsp3) is 0.357. The predicted molar refractivity (Wildman–Crippen MR) is 78.4 cm³/mol. The van der Waals surface area contributed by atoms with Crippen molar-refractivity contribution in [2.45, 2.75) is 12.8 Å². The SMILES string of the molecule is CN(CCCC(=O)O)[N+]([O-])=NOCN1C(=O)c2ccccc2C1=O. The second kappa shape index (κ2) is 7.40. The topological polar surface area (TPSA) is 126 Å². The maximum Gasteiger partial charge on any atom is 0.303 e. The van der Waals surface area contributed by atoms with Gasteiger partial charge in [0.05, 0.1) is 29.7 Å². The van der Waals surface area contributed by atoms with E-state index < -0.39 is 24.5 Å². The summed E-state index contributed by atoms with van der Waals surface area (Å²) in [5.74, 6) is -1.99. The molecule has 0 bridgehead atoms. The molecule has 24 heavy (non-hydrogen) atoms. The molecule has 128 valence electrons. The van der Waals surface area contributed by atoms with Gasteiger partial charge in [-0.2, -0.15) is 0 Å². The number of carboxylic acids is 1. The number of rotatable bonds is 8. The Labute approximate surface area is 137 Å². The van der Waals surface area contributed by atoms with Crippen LogP contribution in [0.1, 0.15) is 33.6 Å². The van der Waals surface area contributed by atoms with Gasteiger partial charge in [-0.25, -0.2) is 4.90 Å². The molecular weight excluding hydrogens is 320 g/mol. The summed E-state index contributed by atoms with van der Waals surface area (Å²) in [7, 11) is 1.41. The van der Waals surface area contributed by atoms with Crippen LogP contribution >= 0.6 is 0 Å². The van der Waals surface area contributed by atoms with Crippen LogP contribution in [0.3, 0.4) is 0 Å². The number of carbonyl (C=O) groups excluding carboxylic acids is 2. The molecule has 0 fully saturated rings. The van der Waals surface area contributed by atoms with Crippen molar-refractivity contribution in [2.75, 3.05) is 20.3 Å². The molecule has 0 radical (unpaired) electrons. The van der Waals surface area contributed by atoms with Gasteiger partial charge >= 0.3 is 5.97 Å². The lowest BCUT2D eigenvalue weighted by Crippen LogP contribution is -2.32. The van der Waals surface area contributed by atoms with Crippen LogP contribution in [0.15, 0.2) is 29.5 Å². The number of carboxylic acid groups (broad SMARTS) is 1. The predicted octanol–water partition coefficient (Wildman–Crippen LogP) is 0.846. The molecule has 0 unspecified atom stereocenters. The molecule has 1 aromatic carbocycles. The third kappa shape index (κ3) is 3.77. The number of imide groups is 1. The molecule has 2 rings (SSSR count). The Balaban J connectivity index is 1.86. The lowest BCUT2D eigenvalue weighted by Gasteiger charge is -2.13. The van der Waals surface area contributed by atoms with E-state index in [0.717, 1.165) is 9.91 Å². The highest BCUT2D eigenvalue weighted by Crippen LogP contribution is 2.22. The number of carbonyl (C=O) groups is 3. The highest BCUT2D eigenvalue weighted by molar-refractivity contribution is 6.21. The average molecular weight is 336 g/mol. The Morgan fingerprint density at radius 1 is 1.33 bits per heavy atom. The minimum Gasteiger partial charge on any atom is -0.569 e. The molecule has 1 heterocycles. The zero-order valence-electron chi connectivity index (χ0n) is 12.9. The standard InChI is InChI=1S/C14H16N4O6/c1-16(8-4-7-12(19)20)18(23)15-24-9-17-13(21)10-5-2-3-6-11(10)14(17)22/h2-3,5-6H,4,7-9H2,1H3,(H,19,20). The van der Waals surface area contributed by atoms with E-state index in [2.05, 4.69) is 5.28 Å². The third-order valence-corrected chi connectivity index (χ3v) is 3.36. The van der Waals surface area contributed by atoms with Crippen molar-refractivity contribution in [1.82, 2.24) is 9.91 Å². The Morgan fingerprint density at radius 3 is 2.46 bits per heavy atom. The van der Waals surface area contributed by atoms with E-state index in [1.807, 2.05) is 0 Å². The maximum absolute atomic E-state index is 12.0.